The van der Waals surface area contributed by atoms with Gasteiger partial charge in [0.2, 0.25) is 0 Å². The highest BCUT2D eigenvalue weighted by Gasteiger charge is 2.10. The molecular weight excluding hydrogens is 243 g/mol. The van der Waals surface area contributed by atoms with Crippen molar-refractivity contribution >= 4 is 0 Å². The second-order valence-electron chi connectivity index (χ2n) is 4.22. The number of hydrazine groups is 1. The third-order valence-corrected chi connectivity index (χ3v) is 2.87. The number of halogens is 1. The molecule has 0 saturated carbocycles. The van der Waals surface area contributed by atoms with Crippen LogP contribution in [0.5, 0.6) is 5.75 Å². The third kappa shape index (κ3) is 4.05. The average molecular weight is 260 g/mol. The van der Waals surface area contributed by atoms with Crippen molar-refractivity contribution in [3.05, 3.63) is 66.0 Å². The Bertz CT molecular complexity index is 505. The predicted molar refractivity (Wildman–Crippen MR) is 73.0 cm³/mol. The topological polar surface area (TPSA) is 47.3 Å². The van der Waals surface area contributed by atoms with Gasteiger partial charge in [-0.25, -0.2) is 4.39 Å². The molecule has 0 aliphatic heterocycles. The summed E-state index contributed by atoms with van der Waals surface area (Å²) in [6, 6.07) is 15.8. The van der Waals surface area contributed by atoms with Crippen LogP contribution in [0.3, 0.4) is 0 Å². The van der Waals surface area contributed by atoms with Crippen LogP contribution in [-0.4, -0.2) is 6.61 Å². The number of benzene rings is 2. The van der Waals surface area contributed by atoms with Gasteiger partial charge in [-0.2, -0.15) is 0 Å². The molecule has 19 heavy (non-hydrogen) atoms. The van der Waals surface area contributed by atoms with E-state index in [1.807, 2.05) is 36.4 Å². The molecule has 0 amide bonds. The first kappa shape index (κ1) is 13.5. The second kappa shape index (κ2) is 6.87. The molecule has 2 aromatic rings. The molecule has 4 heteroatoms. The van der Waals surface area contributed by atoms with E-state index in [9.17, 15) is 4.39 Å². The van der Waals surface area contributed by atoms with Crippen molar-refractivity contribution in [1.29, 1.82) is 0 Å². The number of ether oxygens (including phenoxy) is 1. The third-order valence-electron chi connectivity index (χ3n) is 2.87. The standard InChI is InChI=1S/C15H17FN2O/c16-13-6-4-5-12(11-13)15(18-17)9-10-19-14-7-2-1-3-8-14/h1-8,11,15,18H,9-10,17H2. The molecule has 3 N–H and O–H groups in total. The normalized spacial score (nSPS) is 12.1. The molecular formula is C15H17FN2O. The van der Waals surface area contributed by atoms with Crippen LogP contribution in [0.2, 0.25) is 0 Å². The number of nitrogens with two attached hydrogens (primary N) is 1. The molecule has 0 aliphatic rings. The van der Waals surface area contributed by atoms with Gasteiger partial charge in [0.05, 0.1) is 6.61 Å². The Balaban J connectivity index is 1.89. The summed E-state index contributed by atoms with van der Waals surface area (Å²) in [5, 5.41) is 0. The first-order chi connectivity index (χ1) is 9.29. The summed E-state index contributed by atoms with van der Waals surface area (Å²) in [4.78, 5) is 0. The first-order valence-corrected chi connectivity index (χ1v) is 6.19. The fourth-order valence-corrected chi connectivity index (χ4v) is 1.88. The highest BCUT2D eigenvalue weighted by Crippen LogP contribution is 2.18. The number of nitrogens with one attached hydrogen (secondary N) is 1. The van der Waals surface area contributed by atoms with Gasteiger partial charge in [-0.05, 0) is 29.8 Å². The van der Waals surface area contributed by atoms with Crippen molar-refractivity contribution in [2.45, 2.75) is 12.5 Å². The second-order valence-corrected chi connectivity index (χ2v) is 4.22. The zero-order valence-corrected chi connectivity index (χ0v) is 10.6. The van der Waals surface area contributed by atoms with E-state index in [4.69, 9.17) is 10.6 Å². The van der Waals surface area contributed by atoms with Gasteiger partial charge >= 0.3 is 0 Å². The molecule has 0 fully saturated rings. The number of rotatable bonds is 6. The fraction of sp³-hybridized carbons (Fsp3) is 0.200. The molecule has 1 unspecified atom stereocenters. The Labute approximate surface area is 112 Å². The van der Waals surface area contributed by atoms with Crippen LogP contribution >= 0.6 is 0 Å². The fourth-order valence-electron chi connectivity index (χ4n) is 1.88. The maximum absolute atomic E-state index is 13.2. The first-order valence-electron chi connectivity index (χ1n) is 6.19. The maximum atomic E-state index is 13.2. The Morgan fingerprint density at radius 2 is 1.89 bits per heavy atom. The maximum Gasteiger partial charge on any atom is 0.123 e. The smallest absolute Gasteiger partial charge is 0.123 e. The summed E-state index contributed by atoms with van der Waals surface area (Å²) in [5.74, 6) is 6.06. The van der Waals surface area contributed by atoms with Gasteiger partial charge in [0.1, 0.15) is 11.6 Å². The van der Waals surface area contributed by atoms with Crippen LogP contribution in [-0.2, 0) is 0 Å². The molecule has 0 saturated heterocycles. The molecule has 0 aromatic heterocycles. The van der Waals surface area contributed by atoms with E-state index in [0.29, 0.717) is 13.0 Å². The largest absolute Gasteiger partial charge is 0.494 e. The Hall–Kier alpha value is -1.91. The lowest BCUT2D eigenvalue weighted by molar-refractivity contribution is 0.287. The molecule has 2 aromatic carbocycles. The van der Waals surface area contributed by atoms with E-state index in [1.54, 1.807) is 6.07 Å². The van der Waals surface area contributed by atoms with E-state index in [2.05, 4.69) is 5.43 Å². The minimum atomic E-state index is -0.262. The van der Waals surface area contributed by atoms with Crippen LogP contribution in [0.25, 0.3) is 0 Å². The van der Waals surface area contributed by atoms with E-state index >= 15 is 0 Å². The van der Waals surface area contributed by atoms with Crippen molar-refractivity contribution in [3.8, 4) is 5.75 Å². The van der Waals surface area contributed by atoms with E-state index < -0.39 is 0 Å². The van der Waals surface area contributed by atoms with Gasteiger partial charge in [0.25, 0.3) is 0 Å². The van der Waals surface area contributed by atoms with Crippen molar-refractivity contribution in [2.75, 3.05) is 6.61 Å². The molecule has 0 bridgehead atoms. The quantitative estimate of drug-likeness (QED) is 0.620. The Morgan fingerprint density at radius 3 is 2.58 bits per heavy atom. The highest BCUT2D eigenvalue weighted by molar-refractivity contribution is 5.22. The molecule has 0 aliphatic carbocycles. The number of hydrogen-bond donors (Lipinski definition) is 2. The molecule has 0 spiro atoms. The van der Waals surface area contributed by atoms with Gasteiger partial charge in [-0.3, -0.25) is 11.3 Å². The minimum Gasteiger partial charge on any atom is -0.494 e. The van der Waals surface area contributed by atoms with Gasteiger partial charge in [0, 0.05) is 12.5 Å². The van der Waals surface area contributed by atoms with E-state index in [0.717, 1.165) is 11.3 Å². The van der Waals surface area contributed by atoms with Crippen LogP contribution in [0, 0.1) is 5.82 Å². The monoisotopic (exact) mass is 260 g/mol. The van der Waals surface area contributed by atoms with Gasteiger partial charge in [-0.15, -0.1) is 0 Å². The zero-order chi connectivity index (χ0) is 13.5. The number of para-hydroxylation sites is 1. The summed E-state index contributed by atoms with van der Waals surface area (Å²) in [6.07, 6.45) is 0.662. The molecule has 2 rings (SSSR count). The summed E-state index contributed by atoms with van der Waals surface area (Å²) < 4.78 is 18.8. The summed E-state index contributed by atoms with van der Waals surface area (Å²) in [6.45, 7) is 0.509. The lowest BCUT2D eigenvalue weighted by atomic mass is 10.0. The van der Waals surface area contributed by atoms with Crippen molar-refractivity contribution in [1.82, 2.24) is 5.43 Å². The van der Waals surface area contributed by atoms with Crippen molar-refractivity contribution < 1.29 is 9.13 Å². The van der Waals surface area contributed by atoms with Gasteiger partial charge in [0.15, 0.2) is 0 Å². The molecule has 0 heterocycles. The molecule has 1 atom stereocenters. The number of hydrogen-bond acceptors (Lipinski definition) is 3. The van der Waals surface area contributed by atoms with Crippen molar-refractivity contribution in [2.24, 2.45) is 5.84 Å². The highest BCUT2D eigenvalue weighted by atomic mass is 19.1. The minimum absolute atomic E-state index is 0.126. The van der Waals surface area contributed by atoms with Crippen LogP contribution in [0.15, 0.2) is 54.6 Å². The SMILES string of the molecule is NNC(CCOc1ccccc1)c1cccc(F)c1. The van der Waals surface area contributed by atoms with Crippen LogP contribution in [0.1, 0.15) is 18.0 Å². The lowest BCUT2D eigenvalue weighted by Gasteiger charge is -2.16. The summed E-state index contributed by atoms with van der Waals surface area (Å²) in [7, 11) is 0. The average Bonchev–Trinajstić information content (AvgIpc) is 2.45. The predicted octanol–water partition coefficient (Wildman–Crippen LogP) is 2.80. The van der Waals surface area contributed by atoms with E-state index in [-0.39, 0.29) is 11.9 Å². The van der Waals surface area contributed by atoms with Crippen molar-refractivity contribution in [3.63, 3.8) is 0 Å². The van der Waals surface area contributed by atoms with Gasteiger partial charge in [-0.1, -0.05) is 30.3 Å². The van der Waals surface area contributed by atoms with E-state index in [1.165, 1.54) is 12.1 Å². The summed E-state index contributed by atoms with van der Waals surface area (Å²) >= 11 is 0. The Kier molecular flexibility index (Phi) is 4.89. The molecule has 0 radical (unpaired) electrons. The van der Waals surface area contributed by atoms with Crippen LogP contribution in [0.4, 0.5) is 4.39 Å². The van der Waals surface area contributed by atoms with Crippen LogP contribution < -0.4 is 16.0 Å². The zero-order valence-electron chi connectivity index (χ0n) is 10.6. The van der Waals surface area contributed by atoms with Gasteiger partial charge < -0.3 is 4.74 Å². The Morgan fingerprint density at radius 1 is 1.11 bits per heavy atom. The summed E-state index contributed by atoms with van der Waals surface area (Å²) in [5.41, 5.74) is 3.50. The lowest BCUT2D eigenvalue weighted by Crippen LogP contribution is -2.29. The molecule has 100 valence electrons. The molecule has 3 nitrogen and oxygen atoms in total.